The fourth-order valence-corrected chi connectivity index (χ4v) is 1.52. The van der Waals surface area contributed by atoms with Gasteiger partial charge in [-0.25, -0.2) is 0 Å². The van der Waals surface area contributed by atoms with Gasteiger partial charge in [0.1, 0.15) is 12.4 Å². The average Bonchev–Trinajstić information content (AvgIpc) is 2.37. The van der Waals surface area contributed by atoms with E-state index in [-0.39, 0.29) is 0 Å². The Morgan fingerprint density at radius 2 is 1.89 bits per heavy atom. The van der Waals surface area contributed by atoms with E-state index in [4.69, 9.17) is 10.00 Å². The first kappa shape index (κ1) is 15.4. The Morgan fingerprint density at radius 3 is 2.37 bits per heavy atom. The number of nitrogens with zero attached hydrogens (tertiary/aromatic N) is 1. The fraction of sp³-hybridized carbons (Fsp3) is 0.500. The van der Waals surface area contributed by atoms with Crippen LogP contribution in [0.2, 0.25) is 0 Å². The predicted molar refractivity (Wildman–Crippen MR) is 65.7 cm³/mol. The van der Waals surface area contributed by atoms with Crippen LogP contribution in [0.15, 0.2) is 24.3 Å². The van der Waals surface area contributed by atoms with Crippen LogP contribution < -0.4 is 4.74 Å². The predicted octanol–water partition coefficient (Wildman–Crippen LogP) is 4.11. The van der Waals surface area contributed by atoms with Gasteiger partial charge >= 0.3 is 6.18 Å². The zero-order valence-electron chi connectivity index (χ0n) is 10.7. The third kappa shape index (κ3) is 5.21. The van der Waals surface area contributed by atoms with Crippen LogP contribution in [0, 0.1) is 17.2 Å². The molecule has 0 heterocycles. The maximum Gasteiger partial charge on any atom is 0.407 e. The van der Waals surface area contributed by atoms with Crippen LogP contribution in [0.5, 0.6) is 5.75 Å². The Labute approximate surface area is 110 Å². The number of aryl methyl sites for hydroxylation is 1. The van der Waals surface area contributed by atoms with Crippen molar-refractivity contribution in [1.82, 2.24) is 0 Å². The number of rotatable bonds is 6. The molecule has 0 N–H and O–H groups in total. The van der Waals surface area contributed by atoms with E-state index in [0.717, 1.165) is 24.8 Å². The van der Waals surface area contributed by atoms with Crippen molar-refractivity contribution in [1.29, 1.82) is 5.26 Å². The molecule has 1 rings (SSSR count). The molecule has 2 nitrogen and oxygen atoms in total. The van der Waals surface area contributed by atoms with Crippen molar-refractivity contribution in [2.24, 2.45) is 5.92 Å². The molecule has 19 heavy (non-hydrogen) atoms. The van der Waals surface area contributed by atoms with Gasteiger partial charge in [0.2, 0.25) is 0 Å². The summed E-state index contributed by atoms with van der Waals surface area (Å²) in [6.45, 7) is 1.42. The van der Waals surface area contributed by atoms with Gasteiger partial charge in [0.05, 0.1) is 6.07 Å². The van der Waals surface area contributed by atoms with Gasteiger partial charge in [0, 0.05) is 0 Å². The van der Waals surface area contributed by atoms with Gasteiger partial charge in [-0.3, -0.25) is 0 Å². The number of hydrogen-bond donors (Lipinski definition) is 0. The summed E-state index contributed by atoms with van der Waals surface area (Å²) in [4.78, 5) is 0. The largest absolute Gasteiger partial charge is 0.492 e. The van der Waals surface area contributed by atoms with Gasteiger partial charge in [-0.2, -0.15) is 18.4 Å². The molecule has 1 aromatic carbocycles. The van der Waals surface area contributed by atoms with Gasteiger partial charge in [-0.05, 0) is 30.5 Å². The lowest BCUT2D eigenvalue weighted by Gasteiger charge is -2.14. The first-order valence-corrected chi connectivity index (χ1v) is 6.15. The van der Waals surface area contributed by atoms with Crippen LogP contribution in [0.25, 0.3) is 0 Å². The Kier molecular flexibility index (Phi) is 5.68. The van der Waals surface area contributed by atoms with E-state index in [1.165, 1.54) is 6.07 Å². The molecule has 5 heteroatoms. The van der Waals surface area contributed by atoms with E-state index in [2.05, 4.69) is 6.92 Å². The molecule has 0 fully saturated rings. The Balaban J connectivity index is 2.52. The van der Waals surface area contributed by atoms with E-state index < -0.39 is 18.7 Å². The van der Waals surface area contributed by atoms with Crippen LogP contribution in [-0.2, 0) is 6.42 Å². The maximum absolute atomic E-state index is 12.3. The summed E-state index contributed by atoms with van der Waals surface area (Å²) >= 11 is 0. The number of nitriles is 1. The molecule has 0 amide bonds. The quantitative estimate of drug-likeness (QED) is 0.780. The van der Waals surface area contributed by atoms with Gasteiger partial charge < -0.3 is 4.74 Å². The molecule has 1 atom stereocenters. The Morgan fingerprint density at radius 1 is 1.26 bits per heavy atom. The molecular formula is C14H16F3NO. The normalized spacial score (nSPS) is 12.8. The second-order valence-corrected chi connectivity index (χ2v) is 4.28. The minimum atomic E-state index is -4.55. The highest BCUT2D eigenvalue weighted by Crippen LogP contribution is 2.26. The highest BCUT2D eigenvalue weighted by Gasteiger charge is 2.40. The topological polar surface area (TPSA) is 33.0 Å². The third-order valence-corrected chi connectivity index (χ3v) is 2.71. The van der Waals surface area contributed by atoms with Gasteiger partial charge in [0.25, 0.3) is 0 Å². The van der Waals surface area contributed by atoms with Crippen LogP contribution in [-0.4, -0.2) is 12.8 Å². The van der Waals surface area contributed by atoms with Gasteiger partial charge in [-0.1, -0.05) is 25.5 Å². The van der Waals surface area contributed by atoms with Crippen LogP contribution >= 0.6 is 0 Å². The minimum Gasteiger partial charge on any atom is -0.492 e. The average molecular weight is 271 g/mol. The first-order chi connectivity index (χ1) is 8.97. The van der Waals surface area contributed by atoms with E-state index in [9.17, 15) is 13.2 Å². The summed E-state index contributed by atoms with van der Waals surface area (Å²) in [5.74, 6) is -1.74. The molecule has 0 aliphatic rings. The van der Waals surface area contributed by atoms with Crippen molar-refractivity contribution in [2.75, 3.05) is 6.61 Å². The second-order valence-electron chi connectivity index (χ2n) is 4.28. The molecule has 104 valence electrons. The molecule has 0 aromatic heterocycles. The Bertz CT molecular complexity index is 420. The molecule has 0 saturated carbocycles. The van der Waals surface area contributed by atoms with Crippen molar-refractivity contribution >= 4 is 0 Å². The summed E-state index contributed by atoms with van der Waals surface area (Å²) < 4.78 is 42.0. The molecule has 0 aliphatic carbocycles. The number of alkyl halides is 3. The molecule has 1 unspecified atom stereocenters. The number of ether oxygens (including phenoxy) is 1. The lowest BCUT2D eigenvalue weighted by atomic mass is 10.1. The van der Waals surface area contributed by atoms with Gasteiger partial charge in [-0.15, -0.1) is 0 Å². The molecule has 0 radical (unpaired) electrons. The third-order valence-electron chi connectivity index (χ3n) is 2.71. The molecular weight excluding hydrogens is 255 g/mol. The van der Waals surface area contributed by atoms with Crippen LogP contribution in [0.1, 0.15) is 25.3 Å². The van der Waals surface area contributed by atoms with E-state index in [0.29, 0.717) is 5.75 Å². The maximum atomic E-state index is 12.3. The van der Waals surface area contributed by atoms with Crippen molar-refractivity contribution in [3.8, 4) is 11.8 Å². The van der Waals surface area contributed by atoms with Crippen LogP contribution in [0.3, 0.4) is 0 Å². The van der Waals surface area contributed by atoms with Crippen molar-refractivity contribution in [2.45, 2.75) is 32.4 Å². The number of hydrogen-bond acceptors (Lipinski definition) is 2. The van der Waals surface area contributed by atoms with Crippen molar-refractivity contribution < 1.29 is 17.9 Å². The molecule has 1 aromatic rings. The SMILES string of the molecule is CCCCc1ccc(OCC(C#N)C(F)(F)F)cc1. The van der Waals surface area contributed by atoms with Crippen LogP contribution in [0.4, 0.5) is 13.2 Å². The summed E-state index contributed by atoms with van der Waals surface area (Å²) in [6, 6.07) is 8.14. The minimum absolute atomic E-state index is 0.352. The highest BCUT2D eigenvalue weighted by atomic mass is 19.4. The summed E-state index contributed by atoms with van der Waals surface area (Å²) in [5, 5.41) is 8.43. The molecule has 0 bridgehead atoms. The Hall–Kier alpha value is -1.70. The highest BCUT2D eigenvalue weighted by molar-refractivity contribution is 5.27. The first-order valence-electron chi connectivity index (χ1n) is 6.15. The number of halogens is 3. The zero-order chi connectivity index (χ0) is 14.3. The summed E-state index contributed by atoms with van der Waals surface area (Å²) in [6.07, 6.45) is -1.44. The van der Waals surface area contributed by atoms with E-state index >= 15 is 0 Å². The zero-order valence-corrected chi connectivity index (χ0v) is 10.7. The summed E-state index contributed by atoms with van der Waals surface area (Å²) in [5.41, 5.74) is 1.13. The summed E-state index contributed by atoms with van der Waals surface area (Å²) in [7, 11) is 0. The molecule has 0 spiro atoms. The van der Waals surface area contributed by atoms with Crippen molar-refractivity contribution in [3.63, 3.8) is 0 Å². The standard InChI is InChI=1S/C14H16F3NO/c1-2-3-4-11-5-7-13(8-6-11)19-10-12(9-18)14(15,16)17/h5-8,12H,2-4,10H2,1H3. The fourth-order valence-electron chi connectivity index (χ4n) is 1.52. The monoisotopic (exact) mass is 271 g/mol. The van der Waals surface area contributed by atoms with Gasteiger partial charge in [0.15, 0.2) is 5.92 Å². The smallest absolute Gasteiger partial charge is 0.407 e. The molecule has 0 aliphatic heterocycles. The molecule has 0 saturated heterocycles. The van der Waals surface area contributed by atoms with E-state index in [1.54, 1.807) is 12.1 Å². The van der Waals surface area contributed by atoms with Crippen molar-refractivity contribution in [3.05, 3.63) is 29.8 Å². The van der Waals surface area contributed by atoms with E-state index in [1.807, 2.05) is 12.1 Å². The number of unbranched alkanes of at least 4 members (excludes halogenated alkanes) is 1. The lowest BCUT2D eigenvalue weighted by Crippen LogP contribution is -2.27. The number of benzene rings is 1. The lowest BCUT2D eigenvalue weighted by molar-refractivity contribution is -0.165. The second kappa shape index (κ2) is 7.03.